The van der Waals surface area contributed by atoms with Gasteiger partial charge in [0.2, 0.25) is 0 Å². The van der Waals surface area contributed by atoms with E-state index in [1.807, 2.05) is 0 Å². The molecule has 0 amide bonds. The van der Waals surface area contributed by atoms with Crippen molar-refractivity contribution in [3.05, 3.63) is 0 Å². The molecule has 1 N–H and O–H groups in total. The molecule has 3 unspecified atom stereocenters. The van der Waals surface area contributed by atoms with Gasteiger partial charge in [-0.25, -0.2) is 0 Å². The molecule has 122 valence electrons. The summed E-state index contributed by atoms with van der Waals surface area (Å²) < 4.78 is 0. The Morgan fingerprint density at radius 3 is 1.85 bits per heavy atom. The lowest BCUT2D eigenvalue weighted by Crippen LogP contribution is -2.29. The van der Waals surface area contributed by atoms with E-state index >= 15 is 0 Å². The van der Waals surface area contributed by atoms with Crippen molar-refractivity contribution in [3.8, 4) is 0 Å². The molecule has 0 aromatic heterocycles. The summed E-state index contributed by atoms with van der Waals surface area (Å²) in [5, 5.41) is 3.55. The molecule has 0 aliphatic heterocycles. The van der Waals surface area contributed by atoms with Crippen LogP contribution in [0.4, 0.5) is 0 Å². The molecule has 0 bridgehead atoms. The Bertz CT molecular complexity index is 190. The molecule has 0 spiro atoms. The summed E-state index contributed by atoms with van der Waals surface area (Å²) in [4.78, 5) is 0. The minimum Gasteiger partial charge on any atom is -0.317 e. The molecular weight excluding hydrogens is 242 g/mol. The van der Waals surface area contributed by atoms with E-state index in [4.69, 9.17) is 0 Å². The van der Waals surface area contributed by atoms with Gasteiger partial charge in [0.1, 0.15) is 0 Å². The van der Waals surface area contributed by atoms with E-state index in [2.05, 4.69) is 40.1 Å². The molecule has 0 rings (SSSR count). The van der Waals surface area contributed by atoms with Crippen LogP contribution in [0.1, 0.15) is 98.3 Å². The Hall–Kier alpha value is -0.0400. The first-order valence-electron chi connectivity index (χ1n) is 9.32. The van der Waals surface area contributed by atoms with Gasteiger partial charge in [0.15, 0.2) is 0 Å². The second kappa shape index (κ2) is 13.9. The molecule has 0 heterocycles. The average Bonchev–Trinajstić information content (AvgIpc) is 2.45. The second-order valence-electron chi connectivity index (χ2n) is 6.87. The summed E-state index contributed by atoms with van der Waals surface area (Å²) in [6.45, 7) is 9.49. The van der Waals surface area contributed by atoms with Gasteiger partial charge < -0.3 is 5.32 Å². The highest BCUT2D eigenvalue weighted by Crippen LogP contribution is 2.24. The van der Waals surface area contributed by atoms with Gasteiger partial charge in [-0.1, -0.05) is 85.5 Å². The van der Waals surface area contributed by atoms with Crippen LogP contribution < -0.4 is 5.32 Å². The Kier molecular flexibility index (Phi) is 13.9. The molecule has 0 aromatic carbocycles. The predicted molar refractivity (Wildman–Crippen MR) is 93.3 cm³/mol. The van der Waals surface area contributed by atoms with E-state index in [0.717, 1.165) is 17.9 Å². The van der Waals surface area contributed by atoms with Gasteiger partial charge in [0.05, 0.1) is 0 Å². The maximum absolute atomic E-state index is 3.55. The van der Waals surface area contributed by atoms with Gasteiger partial charge in [-0.2, -0.15) is 0 Å². The normalized spacial score (nSPS) is 16.1. The number of hydrogen-bond donors (Lipinski definition) is 1. The molecular formula is C19H41N. The van der Waals surface area contributed by atoms with Gasteiger partial charge in [0, 0.05) is 6.04 Å². The zero-order valence-electron chi connectivity index (χ0n) is 15.0. The summed E-state index contributed by atoms with van der Waals surface area (Å²) >= 11 is 0. The summed E-state index contributed by atoms with van der Waals surface area (Å²) in [6, 6.07) is 0.736. The summed E-state index contributed by atoms with van der Waals surface area (Å²) in [6.07, 6.45) is 15.3. The van der Waals surface area contributed by atoms with Crippen LogP contribution in [0.2, 0.25) is 0 Å². The Morgan fingerprint density at radius 2 is 1.25 bits per heavy atom. The maximum Gasteiger partial charge on any atom is 0.00667 e. The lowest BCUT2D eigenvalue weighted by Gasteiger charge is -2.25. The van der Waals surface area contributed by atoms with Gasteiger partial charge >= 0.3 is 0 Å². The fourth-order valence-corrected chi connectivity index (χ4v) is 3.06. The van der Waals surface area contributed by atoms with Crippen LogP contribution in [0.15, 0.2) is 0 Å². The van der Waals surface area contributed by atoms with Crippen molar-refractivity contribution in [2.24, 2.45) is 11.8 Å². The number of unbranched alkanes of at least 4 members (excludes halogenated alkanes) is 6. The minimum atomic E-state index is 0.736. The lowest BCUT2D eigenvalue weighted by molar-refractivity contribution is 0.291. The smallest absolute Gasteiger partial charge is 0.00667 e. The molecule has 0 aliphatic rings. The molecule has 0 aliphatic carbocycles. The van der Waals surface area contributed by atoms with Gasteiger partial charge in [0.25, 0.3) is 0 Å². The van der Waals surface area contributed by atoms with Crippen molar-refractivity contribution >= 4 is 0 Å². The fraction of sp³-hybridized carbons (Fsp3) is 1.00. The SMILES string of the molecule is CCCCCCCC(CC(C)C(C)CCCCC)NC. The van der Waals surface area contributed by atoms with Crippen molar-refractivity contribution in [2.75, 3.05) is 7.05 Å². The first-order valence-corrected chi connectivity index (χ1v) is 9.32. The van der Waals surface area contributed by atoms with E-state index in [-0.39, 0.29) is 0 Å². The standard InChI is InChI=1S/C19H41N/c1-6-8-10-11-13-15-19(20-5)16-18(4)17(3)14-12-9-7-2/h17-20H,6-16H2,1-5H3. The van der Waals surface area contributed by atoms with Crippen LogP contribution in [-0.2, 0) is 0 Å². The number of rotatable bonds is 14. The van der Waals surface area contributed by atoms with E-state index in [1.54, 1.807) is 0 Å². The number of hydrogen-bond acceptors (Lipinski definition) is 1. The van der Waals surface area contributed by atoms with Crippen LogP contribution in [-0.4, -0.2) is 13.1 Å². The quantitative estimate of drug-likeness (QED) is 0.375. The molecule has 0 aromatic rings. The third-order valence-corrected chi connectivity index (χ3v) is 4.96. The van der Waals surface area contributed by atoms with Crippen LogP contribution in [0, 0.1) is 11.8 Å². The highest BCUT2D eigenvalue weighted by Gasteiger charge is 2.16. The van der Waals surface area contributed by atoms with E-state index in [0.29, 0.717) is 0 Å². The summed E-state index contributed by atoms with van der Waals surface area (Å²) in [5.41, 5.74) is 0. The molecule has 0 fully saturated rings. The van der Waals surface area contributed by atoms with Gasteiger partial charge in [-0.3, -0.25) is 0 Å². The van der Waals surface area contributed by atoms with Crippen LogP contribution in [0.25, 0.3) is 0 Å². The van der Waals surface area contributed by atoms with Gasteiger partial charge in [-0.05, 0) is 31.7 Å². The Labute approximate surface area is 129 Å². The second-order valence-corrected chi connectivity index (χ2v) is 6.87. The maximum atomic E-state index is 3.55. The molecule has 20 heavy (non-hydrogen) atoms. The molecule has 0 radical (unpaired) electrons. The third kappa shape index (κ3) is 10.7. The molecule has 0 saturated heterocycles. The predicted octanol–water partition coefficient (Wildman–Crippen LogP) is 6.18. The fourth-order valence-electron chi connectivity index (χ4n) is 3.06. The largest absolute Gasteiger partial charge is 0.317 e. The summed E-state index contributed by atoms with van der Waals surface area (Å²) in [5.74, 6) is 1.75. The molecule has 1 heteroatoms. The van der Waals surface area contributed by atoms with Crippen molar-refractivity contribution in [1.82, 2.24) is 5.32 Å². The van der Waals surface area contributed by atoms with Crippen molar-refractivity contribution in [1.29, 1.82) is 0 Å². The lowest BCUT2D eigenvalue weighted by atomic mass is 9.85. The van der Waals surface area contributed by atoms with Crippen molar-refractivity contribution in [3.63, 3.8) is 0 Å². The van der Waals surface area contributed by atoms with E-state index in [1.165, 1.54) is 70.6 Å². The molecule has 3 atom stereocenters. The summed E-state index contributed by atoms with van der Waals surface area (Å²) in [7, 11) is 2.14. The van der Waals surface area contributed by atoms with Crippen LogP contribution in [0.5, 0.6) is 0 Å². The van der Waals surface area contributed by atoms with Crippen LogP contribution in [0.3, 0.4) is 0 Å². The highest BCUT2D eigenvalue weighted by atomic mass is 14.9. The highest BCUT2D eigenvalue weighted by molar-refractivity contribution is 4.72. The topological polar surface area (TPSA) is 12.0 Å². The van der Waals surface area contributed by atoms with Crippen molar-refractivity contribution in [2.45, 2.75) is 104 Å². The molecule has 1 nitrogen and oxygen atoms in total. The Morgan fingerprint density at radius 1 is 0.700 bits per heavy atom. The minimum absolute atomic E-state index is 0.736. The monoisotopic (exact) mass is 283 g/mol. The van der Waals surface area contributed by atoms with Crippen LogP contribution >= 0.6 is 0 Å². The third-order valence-electron chi connectivity index (χ3n) is 4.96. The molecule has 0 saturated carbocycles. The Balaban J connectivity index is 3.78. The first kappa shape index (κ1) is 20.0. The zero-order valence-corrected chi connectivity index (χ0v) is 15.0. The van der Waals surface area contributed by atoms with E-state index < -0.39 is 0 Å². The zero-order chi connectivity index (χ0) is 15.2. The average molecular weight is 284 g/mol. The van der Waals surface area contributed by atoms with E-state index in [9.17, 15) is 0 Å². The number of nitrogens with one attached hydrogen (secondary N) is 1. The van der Waals surface area contributed by atoms with Gasteiger partial charge in [-0.15, -0.1) is 0 Å². The first-order chi connectivity index (χ1) is 9.65. The van der Waals surface area contributed by atoms with Crippen molar-refractivity contribution < 1.29 is 0 Å².